The lowest BCUT2D eigenvalue weighted by Crippen LogP contribution is -2.43. The molecule has 0 bridgehead atoms. The number of para-hydroxylation sites is 1. The van der Waals surface area contributed by atoms with Gasteiger partial charge in [-0.05, 0) is 43.9 Å². The number of rotatable bonds is 7. The Morgan fingerprint density at radius 1 is 1.31 bits per heavy atom. The number of carbonyl (C=O) groups excluding carboxylic acids is 1. The molecule has 190 valence electrons. The minimum Gasteiger partial charge on any atom is -0.493 e. The van der Waals surface area contributed by atoms with Gasteiger partial charge in [0.25, 0.3) is 5.91 Å². The van der Waals surface area contributed by atoms with Crippen LogP contribution in [-0.4, -0.2) is 55.6 Å². The molecule has 0 aromatic heterocycles. The molecule has 4 aliphatic heterocycles. The molecule has 1 aromatic rings. The summed E-state index contributed by atoms with van der Waals surface area (Å²) in [6, 6.07) is 7.34. The van der Waals surface area contributed by atoms with Crippen molar-refractivity contribution < 1.29 is 13.9 Å². The fourth-order valence-corrected chi connectivity index (χ4v) is 5.03. The molecule has 5 rings (SSSR count). The predicted molar refractivity (Wildman–Crippen MR) is 138 cm³/mol. The molecule has 0 radical (unpaired) electrons. The number of fused-ring (bicyclic) bond motifs is 1. The number of carbonyl (C=O) groups is 1. The Morgan fingerprint density at radius 2 is 2.14 bits per heavy atom. The summed E-state index contributed by atoms with van der Waals surface area (Å²) in [5.74, 6) is 1.22. The number of hydrogen-bond donors (Lipinski definition) is 4. The van der Waals surface area contributed by atoms with Gasteiger partial charge in [0.15, 0.2) is 11.6 Å². The van der Waals surface area contributed by atoms with E-state index in [2.05, 4.69) is 26.3 Å². The maximum atomic E-state index is 14.7. The first-order chi connectivity index (χ1) is 17.5. The Balaban J connectivity index is 1.23. The summed E-state index contributed by atoms with van der Waals surface area (Å²) in [6.45, 7) is 4.27. The number of nitrogens with zero attached hydrogens (tertiary/aromatic N) is 2. The largest absolute Gasteiger partial charge is 0.493 e. The van der Waals surface area contributed by atoms with E-state index < -0.39 is 0 Å². The second kappa shape index (κ2) is 10.7. The number of ether oxygens (including phenoxy) is 1. The Hall–Kier alpha value is -3.46. The first-order valence-corrected chi connectivity index (χ1v) is 12.7. The van der Waals surface area contributed by atoms with Crippen molar-refractivity contribution >= 4 is 23.3 Å². The predicted octanol–water partition coefficient (Wildman–Crippen LogP) is 3.09. The molecule has 0 spiro atoms. The number of hydrogen-bond acceptors (Lipinski definition) is 7. The fourth-order valence-electron chi connectivity index (χ4n) is 4.85. The minimum atomic E-state index is -0.343. The van der Waals surface area contributed by atoms with E-state index in [1.165, 1.54) is 0 Å². The topological polar surface area (TPSA) is 90.0 Å². The number of nitrogens with one attached hydrogen (secondary N) is 4. The van der Waals surface area contributed by atoms with Crippen molar-refractivity contribution in [2.45, 2.75) is 25.9 Å². The highest BCUT2D eigenvalue weighted by molar-refractivity contribution is 6.31. The van der Waals surface area contributed by atoms with Crippen LogP contribution in [0.3, 0.4) is 0 Å². The maximum absolute atomic E-state index is 14.7. The molecule has 1 aromatic carbocycles. The van der Waals surface area contributed by atoms with Crippen LogP contribution in [0.1, 0.15) is 30.1 Å². The Morgan fingerprint density at radius 3 is 3.00 bits per heavy atom. The number of dihydropyridines is 1. The van der Waals surface area contributed by atoms with Gasteiger partial charge in [-0.3, -0.25) is 4.79 Å². The Kier molecular flexibility index (Phi) is 7.18. The van der Waals surface area contributed by atoms with Crippen LogP contribution < -0.4 is 26.0 Å². The third kappa shape index (κ3) is 5.06. The summed E-state index contributed by atoms with van der Waals surface area (Å²) >= 11 is 6.16. The van der Waals surface area contributed by atoms with E-state index in [-0.39, 0.29) is 36.2 Å². The molecule has 4 N–H and O–H groups in total. The highest BCUT2D eigenvalue weighted by Crippen LogP contribution is 2.28. The van der Waals surface area contributed by atoms with Gasteiger partial charge in [-0.1, -0.05) is 23.7 Å². The van der Waals surface area contributed by atoms with Crippen LogP contribution in [0.4, 0.5) is 4.39 Å². The van der Waals surface area contributed by atoms with Crippen molar-refractivity contribution in [1.82, 2.24) is 26.2 Å². The van der Waals surface area contributed by atoms with Crippen molar-refractivity contribution in [2.75, 3.05) is 32.8 Å². The average Bonchev–Trinajstić information content (AvgIpc) is 3.31. The number of piperidine rings is 1. The van der Waals surface area contributed by atoms with Crippen LogP contribution in [0.2, 0.25) is 0 Å². The van der Waals surface area contributed by atoms with Crippen molar-refractivity contribution in [1.29, 1.82) is 0 Å². The zero-order valence-corrected chi connectivity index (χ0v) is 20.9. The summed E-state index contributed by atoms with van der Waals surface area (Å²) in [5.41, 5.74) is 2.37. The van der Waals surface area contributed by atoms with E-state index in [0.717, 1.165) is 24.0 Å². The number of likely N-dealkylation sites (tertiary alicyclic amines) is 1. The van der Waals surface area contributed by atoms with Gasteiger partial charge in [0.05, 0.1) is 23.7 Å². The number of benzene rings is 1. The van der Waals surface area contributed by atoms with Gasteiger partial charge >= 0.3 is 0 Å². The van der Waals surface area contributed by atoms with Crippen LogP contribution >= 0.6 is 11.6 Å². The number of halogens is 2. The zero-order chi connectivity index (χ0) is 25.1. The molecule has 10 heteroatoms. The first kappa shape index (κ1) is 24.2. The van der Waals surface area contributed by atoms with Gasteiger partial charge < -0.3 is 30.9 Å². The number of amides is 1. The number of allylic oxidation sites excluding steroid dienone is 2. The van der Waals surface area contributed by atoms with Crippen molar-refractivity contribution in [3.63, 3.8) is 0 Å². The summed E-state index contributed by atoms with van der Waals surface area (Å²) in [6.07, 6.45) is 7.21. The van der Waals surface area contributed by atoms with Gasteiger partial charge in [0.2, 0.25) is 0 Å². The van der Waals surface area contributed by atoms with E-state index in [4.69, 9.17) is 16.3 Å². The maximum Gasteiger partial charge on any atom is 0.257 e. The zero-order valence-electron chi connectivity index (χ0n) is 20.1. The van der Waals surface area contributed by atoms with Gasteiger partial charge in [-0.15, -0.1) is 0 Å². The normalized spacial score (nSPS) is 23.2. The number of aliphatic imine (C=N–C) groups is 1. The Labute approximate surface area is 215 Å². The molecule has 2 atom stereocenters. The first-order valence-electron chi connectivity index (χ1n) is 12.3. The van der Waals surface area contributed by atoms with Crippen molar-refractivity contribution in [3.05, 3.63) is 76.1 Å². The molecular formula is C26H30ClFN6O2. The molecule has 1 amide bonds. The molecular weight excluding hydrogens is 483 g/mol. The highest BCUT2D eigenvalue weighted by atomic mass is 35.5. The van der Waals surface area contributed by atoms with E-state index >= 15 is 0 Å². The molecule has 2 unspecified atom stereocenters. The fraction of sp³-hybridized carbons (Fsp3) is 0.385. The van der Waals surface area contributed by atoms with E-state index in [1.54, 1.807) is 12.3 Å². The molecule has 8 nitrogen and oxygen atoms in total. The summed E-state index contributed by atoms with van der Waals surface area (Å²) in [4.78, 5) is 19.6. The van der Waals surface area contributed by atoms with Crippen LogP contribution in [0, 0.1) is 5.92 Å². The van der Waals surface area contributed by atoms with Crippen LogP contribution in [-0.2, 0) is 0 Å². The third-order valence-corrected chi connectivity index (χ3v) is 6.84. The summed E-state index contributed by atoms with van der Waals surface area (Å²) < 4.78 is 20.3. The van der Waals surface area contributed by atoms with Crippen LogP contribution in [0.15, 0.2) is 75.6 Å². The molecule has 1 saturated heterocycles. The second-order valence-corrected chi connectivity index (χ2v) is 9.53. The molecule has 4 heterocycles. The lowest BCUT2D eigenvalue weighted by molar-refractivity contribution is 0.0670. The molecule has 0 aliphatic carbocycles. The lowest BCUT2D eigenvalue weighted by Gasteiger charge is -2.33. The smallest absolute Gasteiger partial charge is 0.257 e. The lowest BCUT2D eigenvalue weighted by atomic mass is 9.97. The average molecular weight is 513 g/mol. The molecule has 36 heavy (non-hydrogen) atoms. The highest BCUT2D eigenvalue weighted by Gasteiger charge is 2.30. The van der Waals surface area contributed by atoms with Gasteiger partial charge in [0, 0.05) is 43.2 Å². The molecule has 1 fully saturated rings. The van der Waals surface area contributed by atoms with Crippen molar-refractivity contribution in [2.24, 2.45) is 10.9 Å². The van der Waals surface area contributed by atoms with E-state index in [1.807, 2.05) is 42.3 Å². The van der Waals surface area contributed by atoms with Gasteiger partial charge in [0.1, 0.15) is 17.8 Å². The van der Waals surface area contributed by atoms with Crippen LogP contribution in [0.25, 0.3) is 0 Å². The second-order valence-electron chi connectivity index (χ2n) is 9.09. The monoisotopic (exact) mass is 512 g/mol. The molecule has 4 aliphatic rings. The van der Waals surface area contributed by atoms with E-state index in [9.17, 15) is 9.18 Å². The van der Waals surface area contributed by atoms with E-state index in [0.29, 0.717) is 48.4 Å². The summed E-state index contributed by atoms with van der Waals surface area (Å²) in [5, 5.41) is 13.3. The Bertz CT molecular complexity index is 1190. The van der Waals surface area contributed by atoms with Crippen LogP contribution in [0.5, 0.6) is 5.75 Å². The van der Waals surface area contributed by atoms with Gasteiger partial charge in [-0.2, -0.15) is 0 Å². The third-order valence-electron chi connectivity index (χ3n) is 6.63. The SMILES string of the molecule is CCOc1ccccc1C(=O)N1CCCC(CNC2=C(F)CNC(C3=CNC4NC=C(Cl)C=C34)=N2)C1. The molecule has 0 saturated carbocycles. The quantitative estimate of drug-likeness (QED) is 0.449. The summed E-state index contributed by atoms with van der Waals surface area (Å²) in [7, 11) is 0. The minimum absolute atomic E-state index is 0.0337. The standard InChI is InChI=1S/C26H30ClFN6O2/c1-2-36-22-8-4-3-7-18(22)26(35)34-9-5-6-16(15-34)11-29-25-21(28)14-32-24(33-25)20-13-31-23-19(20)10-17(27)12-30-23/h3-4,7-8,10,12-13,16,23,29-31H,2,5-6,9,11,14-15H2,1H3,(H,32,33). The van der Waals surface area contributed by atoms with Crippen molar-refractivity contribution in [3.8, 4) is 5.75 Å². The number of amidine groups is 1. The van der Waals surface area contributed by atoms with Gasteiger partial charge in [-0.25, -0.2) is 9.38 Å².